The minimum atomic E-state index is -0.384. The predicted octanol–water partition coefficient (Wildman–Crippen LogP) is 2.12. The molecule has 1 atom stereocenters. The van der Waals surface area contributed by atoms with Crippen LogP contribution in [0.1, 0.15) is 53.4 Å². The number of amides is 2. The van der Waals surface area contributed by atoms with Crippen molar-refractivity contribution in [3.05, 3.63) is 0 Å². The number of carbonyl (C=O) groups excluding carboxylic acids is 2. The van der Waals surface area contributed by atoms with Crippen molar-refractivity contribution >= 4 is 11.8 Å². The lowest BCUT2D eigenvalue weighted by atomic mass is 9.82. The van der Waals surface area contributed by atoms with E-state index < -0.39 is 0 Å². The smallest absolute Gasteiger partial charge is 0.245 e. The van der Waals surface area contributed by atoms with E-state index in [1.165, 1.54) is 0 Å². The van der Waals surface area contributed by atoms with Crippen LogP contribution in [0.2, 0.25) is 0 Å². The van der Waals surface area contributed by atoms with Gasteiger partial charge >= 0.3 is 0 Å². The Hall–Kier alpha value is -1.10. The Labute approximate surface area is 147 Å². The van der Waals surface area contributed by atoms with Crippen LogP contribution < -0.4 is 5.32 Å². The van der Waals surface area contributed by atoms with E-state index in [1.807, 2.05) is 18.7 Å². The van der Waals surface area contributed by atoms with Gasteiger partial charge in [-0.25, -0.2) is 0 Å². The molecule has 1 unspecified atom stereocenters. The maximum absolute atomic E-state index is 12.9. The summed E-state index contributed by atoms with van der Waals surface area (Å²) >= 11 is 0. The average molecular weight is 338 g/mol. The SMILES string of the molecule is CCN1CCN(C(=O)C(NC(=O)C2CCC(C)CC2)C(C)C)CC1. The van der Waals surface area contributed by atoms with Crippen molar-refractivity contribution in [3.8, 4) is 0 Å². The second-order valence-corrected chi connectivity index (χ2v) is 7.95. The van der Waals surface area contributed by atoms with E-state index in [1.54, 1.807) is 0 Å². The van der Waals surface area contributed by atoms with Crippen molar-refractivity contribution in [2.75, 3.05) is 32.7 Å². The molecule has 2 rings (SSSR count). The van der Waals surface area contributed by atoms with Gasteiger partial charge in [0, 0.05) is 32.1 Å². The third-order valence-electron chi connectivity index (χ3n) is 5.75. The third kappa shape index (κ3) is 4.95. The van der Waals surface area contributed by atoms with Crippen molar-refractivity contribution in [1.29, 1.82) is 0 Å². The maximum atomic E-state index is 12.9. The molecule has 0 aromatic carbocycles. The summed E-state index contributed by atoms with van der Waals surface area (Å²) in [7, 11) is 0. The zero-order valence-electron chi connectivity index (χ0n) is 15.9. The molecule has 5 heteroatoms. The Morgan fingerprint density at radius 1 is 1.04 bits per heavy atom. The summed E-state index contributed by atoms with van der Waals surface area (Å²) in [4.78, 5) is 29.8. The number of piperazine rings is 1. The van der Waals surface area contributed by atoms with Gasteiger partial charge in [-0.3, -0.25) is 9.59 Å². The summed E-state index contributed by atoms with van der Waals surface area (Å²) in [5, 5.41) is 3.08. The molecule has 1 N–H and O–H groups in total. The molecule has 24 heavy (non-hydrogen) atoms. The van der Waals surface area contributed by atoms with Crippen molar-refractivity contribution in [2.45, 2.75) is 59.4 Å². The van der Waals surface area contributed by atoms with Gasteiger partial charge in [0.25, 0.3) is 0 Å². The number of nitrogens with zero attached hydrogens (tertiary/aromatic N) is 2. The van der Waals surface area contributed by atoms with Gasteiger partial charge in [0.2, 0.25) is 11.8 Å². The number of rotatable bonds is 5. The number of likely N-dealkylation sites (N-methyl/N-ethyl adjacent to an activating group) is 1. The molecule has 0 spiro atoms. The summed E-state index contributed by atoms with van der Waals surface area (Å²) in [6.07, 6.45) is 4.16. The quantitative estimate of drug-likeness (QED) is 0.836. The van der Waals surface area contributed by atoms with Gasteiger partial charge in [0.05, 0.1) is 0 Å². The van der Waals surface area contributed by atoms with Gasteiger partial charge in [-0.15, -0.1) is 0 Å². The molecule has 1 saturated carbocycles. The minimum absolute atomic E-state index is 0.0844. The normalized spacial score (nSPS) is 27.1. The van der Waals surface area contributed by atoms with Gasteiger partial charge < -0.3 is 15.1 Å². The summed E-state index contributed by atoms with van der Waals surface area (Å²) in [6.45, 7) is 12.9. The van der Waals surface area contributed by atoms with Crippen LogP contribution in [0.5, 0.6) is 0 Å². The molecule has 2 fully saturated rings. The van der Waals surface area contributed by atoms with Gasteiger partial charge in [0.15, 0.2) is 0 Å². The fourth-order valence-electron chi connectivity index (χ4n) is 3.79. The highest BCUT2D eigenvalue weighted by Gasteiger charge is 2.33. The largest absolute Gasteiger partial charge is 0.344 e. The van der Waals surface area contributed by atoms with Gasteiger partial charge in [0.1, 0.15) is 6.04 Å². The van der Waals surface area contributed by atoms with Crippen LogP contribution in [-0.4, -0.2) is 60.4 Å². The second kappa shape index (κ2) is 8.84. The van der Waals surface area contributed by atoms with Gasteiger partial charge in [-0.05, 0) is 44.1 Å². The Bertz CT molecular complexity index is 422. The molecule has 1 saturated heterocycles. The molecule has 2 aliphatic rings. The molecule has 1 aliphatic carbocycles. The number of nitrogens with one attached hydrogen (secondary N) is 1. The fourth-order valence-corrected chi connectivity index (χ4v) is 3.79. The number of carbonyl (C=O) groups is 2. The second-order valence-electron chi connectivity index (χ2n) is 7.95. The zero-order valence-corrected chi connectivity index (χ0v) is 15.9. The van der Waals surface area contributed by atoms with E-state index in [9.17, 15) is 9.59 Å². The summed E-state index contributed by atoms with van der Waals surface area (Å²) in [5.41, 5.74) is 0. The summed E-state index contributed by atoms with van der Waals surface area (Å²) in [5.74, 6) is 1.12. The first-order valence-corrected chi connectivity index (χ1v) is 9.73. The highest BCUT2D eigenvalue weighted by atomic mass is 16.2. The minimum Gasteiger partial charge on any atom is -0.344 e. The lowest BCUT2D eigenvalue weighted by Crippen LogP contribution is -2.57. The Balaban J connectivity index is 1.91. The van der Waals surface area contributed by atoms with Crippen LogP contribution in [-0.2, 0) is 9.59 Å². The Morgan fingerprint density at radius 3 is 2.12 bits per heavy atom. The molecular weight excluding hydrogens is 302 g/mol. The molecule has 138 valence electrons. The molecule has 2 amide bonds. The topological polar surface area (TPSA) is 52.6 Å². The highest BCUT2D eigenvalue weighted by Crippen LogP contribution is 2.28. The van der Waals surface area contributed by atoms with E-state index in [4.69, 9.17) is 0 Å². The van der Waals surface area contributed by atoms with E-state index in [2.05, 4.69) is 24.1 Å². The first-order chi connectivity index (χ1) is 11.4. The van der Waals surface area contributed by atoms with Crippen molar-refractivity contribution in [3.63, 3.8) is 0 Å². The molecule has 0 radical (unpaired) electrons. The monoisotopic (exact) mass is 337 g/mol. The predicted molar refractivity (Wildman–Crippen MR) is 96.6 cm³/mol. The van der Waals surface area contributed by atoms with E-state index in [0.717, 1.165) is 64.3 Å². The van der Waals surface area contributed by atoms with E-state index >= 15 is 0 Å². The van der Waals surface area contributed by atoms with Crippen LogP contribution in [0.25, 0.3) is 0 Å². The zero-order chi connectivity index (χ0) is 17.7. The first kappa shape index (κ1) is 19.2. The lowest BCUT2D eigenvalue weighted by molar-refractivity contribution is -0.140. The number of hydrogen-bond donors (Lipinski definition) is 1. The van der Waals surface area contributed by atoms with Crippen LogP contribution in [0.4, 0.5) is 0 Å². The highest BCUT2D eigenvalue weighted by molar-refractivity contribution is 5.88. The Morgan fingerprint density at radius 2 is 1.62 bits per heavy atom. The summed E-state index contributed by atoms with van der Waals surface area (Å²) < 4.78 is 0. The van der Waals surface area contributed by atoms with E-state index in [-0.39, 0.29) is 29.7 Å². The van der Waals surface area contributed by atoms with Crippen molar-refractivity contribution in [2.24, 2.45) is 17.8 Å². The summed E-state index contributed by atoms with van der Waals surface area (Å²) in [6, 6.07) is -0.384. The third-order valence-corrected chi connectivity index (χ3v) is 5.75. The van der Waals surface area contributed by atoms with Crippen LogP contribution in [0, 0.1) is 17.8 Å². The van der Waals surface area contributed by atoms with Crippen LogP contribution in [0.3, 0.4) is 0 Å². The van der Waals surface area contributed by atoms with Crippen LogP contribution in [0.15, 0.2) is 0 Å². The molecule has 1 heterocycles. The Kier molecular flexibility index (Phi) is 7.08. The molecule has 0 aromatic rings. The fraction of sp³-hybridized carbons (Fsp3) is 0.895. The van der Waals surface area contributed by atoms with Crippen LogP contribution >= 0.6 is 0 Å². The molecule has 1 aliphatic heterocycles. The number of hydrogen-bond acceptors (Lipinski definition) is 3. The maximum Gasteiger partial charge on any atom is 0.245 e. The van der Waals surface area contributed by atoms with Gasteiger partial charge in [-0.2, -0.15) is 0 Å². The first-order valence-electron chi connectivity index (χ1n) is 9.73. The standard InChI is InChI=1S/C19H35N3O2/c1-5-21-10-12-22(13-11-21)19(24)17(14(2)3)20-18(23)16-8-6-15(4)7-9-16/h14-17H,5-13H2,1-4H3,(H,20,23). The van der Waals surface area contributed by atoms with E-state index in [0.29, 0.717) is 0 Å². The van der Waals surface area contributed by atoms with Gasteiger partial charge in [-0.1, -0.05) is 27.7 Å². The molecule has 0 bridgehead atoms. The molecular formula is C19H35N3O2. The van der Waals surface area contributed by atoms with Crippen molar-refractivity contribution in [1.82, 2.24) is 15.1 Å². The average Bonchev–Trinajstić information content (AvgIpc) is 2.59. The lowest BCUT2D eigenvalue weighted by Gasteiger charge is -2.37. The molecule has 0 aromatic heterocycles. The van der Waals surface area contributed by atoms with Crippen molar-refractivity contribution < 1.29 is 9.59 Å². The molecule has 5 nitrogen and oxygen atoms in total.